The Hall–Kier alpha value is -1.40. The van der Waals surface area contributed by atoms with Crippen LogP contribution in [0.2, 0.25) is 0 Å². The summed E-state index contributed by atoms with van der Waals surface area (Å²) < 4.78 is 24.5. The van der Waals surface area contributed by atoms with E-state index in [1.165, 1.54) is 16.1 Å². The number of benzene rings is 1. The van der Waals surface area contributed by atoms with E-state index >= 15 is 0 Å². The summed E-state index contributed by atoms with van der Waals surface area (Å²) in [4.78, 5) is 12.5. The maximum absolute atomic E-state index is 12.5. The molecule has 1 aromatic rings. The third-order valence-electron chi connectivity index (χ3n) is 4.93. The van der Waals surface area contributed by atoms with Crippen molar-refractivity contribution in [3.63, 3.8) is 0 Å². The van der Waals surface area contributed by atoms with Crippen molar-refractivity contribution in [1.82, 2.24) is 9.62 Å². The van der Waals surface area contributed by atoms with Crippen LogP contribution in [0.4, 0.5) is 0 Å². The molecule has 1 aliphatic rings. The topological polar surface area (TPSA) is 66.5 Å². The monoisotopic (exact) mass is 366 g/mol. The number of hydrogen-bond acceptors (Lipinski definition) is 3. The molecule has 25 heavy (non-hydrogen) atoms. The van der Waals surface area contributed by atoms with Crippen LogP contribution in [0.1, 0.15) is 57.7 Å². The van der Waals surface area contributed by atoms with Crippen molar-refractivity contribution in [2.45, 2.75) is 52.0 Å². The summed E-state index contributed by atoms with van der Waals surface area (Å²) in [5.41, 5.74) is 2.45. The lowest BCUT2D eigenvalue weighted by Gasteiger charge is -2.30. The Bertz CT molecular complexity index is 697. The summed E-state index contributed by atoms with van der Waals surface area (Å²) in [7, 11) is -3.16. The normalized spacial score (nSPS) is 18.8. The van der Waals surface area contributed by atoms with Gasteiger partial charge in [-0.15, -0.1) is 0 Å². The SMILES string of the molecule is CC(NC(=O)C1CCN(S(C)(=O)=O)CC1)c1ccc(C(C)(C)C)cc1. The molecule has 1 unspecified atom stereocenters. The molecule has 2 rings (SSSR count). The largest absolute Gasteiger partial charge is 0.349 e. The zero-order valence-corrected chi connectivity index (χ0v) is 16.7. The van der Waals surface area contributed by atoms with Gasteiger partial charge in [-0.2, -0.15) is 0 Å². The molecule has 140 valence electrons. The molecule has 0 radical (unpaired) electrons. The Morgan fingerprint density at radius 2 is 1.68 bits per heavy atom. The molecule has 0 spiro atoms. The van der Waals surface area contributed by atoms with Crippen LogP contribution >= 0.6 is 0 Å². The molecule has 0 bridgehead atoms. The number of hydrogen-bond donors (Lipinski definition) is 1. The van der Waals surface area contributed by atoms with Gasteiger partial charge in [0.05, 0.1) is 12.3 Å². The van der Waals surface area contributed by atoms with Gasteiger partial charge < -0.3 is 5.32 Å². The van der Waals surface area contributed by atoms with Crippen LogP contribution in [0.3, 0.4) is 0 Å². The minimum absolute atomic E-state index is 0.0144. The van der Waals surface area contributed by atoms with Crippen molar-refractivity contribution in [2.75, 3.05) is 19.3 Å². The van der Waals surface area contributed by atoms with Gasteiger partial charge in [0.1, 0.15) is 0 Å². The molecule has 1 saturated heterocycles. The van der Waals surface area contributed by atoms with Crippen LogP contribution in [0.15, 0.2) is 24.3 Å². The average molecular weight is 367 g/mol. The average Bonchev–Trinajstić information content (AvgIpc) is 2.53. The fraction of sp³-hybridized carbons (Fsp3) is 0.632. The van der Waals surface area contributed by atoms with Gasteiger partial charge >= 0.3 is 0 Å². The van der Waals surface area contributed by atoms with E-state index in [4.69, 9.17) is 0 Å². The second kappa shape index (κ2) is 7.46. The van der Waals surface area contributed by atoms with E-state index in [2.05, 4.69) is 50.4 Å². The van der Waals surface area contributed by atoms with Crippen LogP contribution in [-0.4, -0.2) is 38.0 Å². The van der Waals surface area contributed by atoms with E-state index < -0.39 is 10.0 Å². The molecule has 6 heteroatoms. The Labute approximate surface area is 151 Å². The summed E-state index contributed by atoms with van der Waals surface area (Å²) in [5, 5.41) is 3.07. The Morgan fingerprint density at radius 1 is 1.16 bits per heavy atom. The molecule has 1 amide bonds. The van der Waals surface area contributed by atoms with E-state index in [1.807, 2.05) is 6.92 Å². The number of sulfonamides is 1. The zero-order chi connectivity index (χ0) is 18.8. The second-order valence-corrected chi connectivity index (χ2v) is 10.0. The van der Waals surface area contributed by atoms with Crippen LogP contribution < -0.4 is 5.32 Å². The fourth-order valence-electron chi connectivity index (χ4n) is 3.14. The highest BCUT2D eigenvalue weighted by Gasteiger charge is 2.29. The molecule has 0 aromatic heterocycles. The van der Waals surface area contributed by atoms with Crippen molar-refractivity contribution in [3.8, 4) is 0 Å². The first-order valence-electron chi connectivity index (χ1n) is 8.84. The molecule has 1 N–H and O–H groups in total. The quantitative estimate of drug-likeness (QED) is 0.891. The molecule has 1 aromatic carbocycles. The Kier molecular flexibility index (Phi) is 5.94. The van der Waals surface area contributed by atoms with Gasteiger partial charge in [0, 0.05) is 19.0 Å². The minimum Gasteiger partial charge on any atom is -0.349 e. The summed E-state index contributed by atoms with van der Waals surface area (Å²) in [6, 6.07) is 8.30. The maximum atomic E-state index is 12.5. The minimum atomic E-state index is -3.16. The highest BCUT2D eigenvalue weighted by atomic mass is 32.2. The van der Waals surface area contributed by atoms with Crippen LogP contribution in [0, 0.1) is 5.92 Å². The van der Waals surface area contributed by atoms with Crippen molar-refractivity contribution in [1.29, 1.82) is 0 Å². The van der Waals surface area contributed by atoms with E-state index in [9.17, 15) is 13.2 Å². The molecule has 1 heterocycles. The third kappa shape index (κ3) is 5.28. The van der Waals surface area contributed by atoms with Gasteiger partial charge in [0.2, 0.25) is 15.9 Å². The van der Waals surface area contributed by atoms with Gasteiger partial charge in [-0.05, 0) is 36.3 Å². The highest BCUT2D eigenvalue weighted by Crippen LogP contribution is 2.25. The van der Waals surface area contributed by atoms with Gasteiger partial charge in [-0.3, -0.25) is 4.79 Å². The molecular weight excluding hydrogens is 336 g/mol. The smallest absolute Gasteiger partial charge is 0.223 e. The molecule has 0 aliphatic carbocycles. The van der Waals surface area contributed by atoms with Gasteiger partial charge in [0.25, 0.3) is 0 Å². The molecule has 1 aliphatic heterocycles. The van der Waals surface area contributed by atoms with Crippen molar-refractivity contribution in [2.24, 2.45) is 5.92 Å². The highest BCUT2D eigenvalue weighted by molar-refractivity contribution is 7.88. The van der Waals surface area contributed by atoms with E-state index in [-0.39, 0.29) is 23.3 Å². The van der Waals surface area contributed by atoms with Crippen molar-refractivity contribution >= 4 is 15.9 Å². The van der Waals surface area contributed by atoms with Gasteiger partial charge in [0.15, 0.2) is 0 Å². The summed E-state index contributed by atoms with van der Waals surface area (Å²) in [6.45, 7) is 9.36. The first kappa shape index (κ1) is 19.9. The maximum Gasteiger partial charge on any atom is 0.223 e. The molecule has 5 nitrogen and oxygen atoms in total. The van der Waals surface area contributed by atoms with E-state index in [1.54, 1.807) is 0 Å². The van der Waals surface area contributed by atoms with Gasteiger partial charge in [-0.25, -0.2) is 12.7 Å². The molecule has 1 fully saturated rings. The number of carbonyl (C=O) groups is 1. The summed E-state index contributed by atoms with van der Waals surface area (Å²) in [5.74, 6) is -0.102. The predicted octanol–water partition coefficient (Wildman–Crippen LogP) is 2.83. The van der Waals surface area contributed by atoms with E-state index in [0.29, 0.717) is 25.9 Å². The third-order valence-corrected chi connectivity index (χ3v) is 6.23. The first-order chi connectivity index (χ1) is 11.5. The lowest BCUT2D eigenvalue weighted by atomic mass is 9.86. The number of nitrogens with zero attached hydrogens (tertiary/aromatic N) is 1. The number of piperidine rings is 1. The van der Waals surface area contributed by atoms with Crippen molar-refractivity contribution < 1.29 is 13.2 Å². The number of rotatable bonds is 4. The Balaban J connectivity index is 1.92. The molecular formula is C19H30N2O3S. The van der Waals surface area contributed by atoms with Crippen LogP contribution in [0.5, 0.6) is 0 Å². The van der Waals surface area contributed by atoms with E-state index in [0.717, 1.165) is 5.56 Å². The standard InChI is InChI=1S/C19H30N2O3S/c1-14(15-6-8-17(9-7-15)19(2,3)4)20-18(22)16-10-12-21(13-11-16)25(5,23)24/h6-9,14,16H,10-13H2,1-5H3,(H,20,22). The van der Waals surface area contributed by atoms with Crippen LogP contribution in [0.25, 0.3) is 0 Å². The predicted molar refractivity (Wildman–Crippen MR) is 101 cm³/mol. The van der Waals surface area contributed by atoms with Crippen LogP contribution in [-0.2, 0) is 20.2 Å². The summed E-state index contributed by atoms with van der Waals surface area (Å²) in [6.07, 6.45) is 2.37. The fourth-order valence-corrected chi connectivity index (χ4v) is 4.01. The number of carbonyl (C=O) groups excluding carboxylic acids is 1. The zero-order valence-electron chi connectivity index (χ0n) is 15.9. The van der Waals surface area contributed by atoms with Crippen molar-refractivity contribution in [3.05, 3.63) is 35.4 Å². The summed E-state index contributed by atoms with van der Waals surface area (Å²) >= 11 is 0. The Morgan fingerprint density at radius 3 is 2.12 bits per heavy atom. The lowest BCUT2D eigenvalue weighted by Crippen LogP contribution is -2.43. The number of amides is 1. The second-order valence-electron chi connectivity index (χ2n) is 8.04. The lowest BCUT2D eigenvalue weighted by molar-refractivity contribution is -0.126. The number of nitrogens with one attached hydrogen (secondary N) is 1. The first-order valence-corrected chi connectivity index (χ1v) is 10.7. The molecule has 0 saturated carbocycles. The molecule has 1 atom stereocenters. The van der Waals surface area contributed by atoms with Gasteiger partial charge in [-0.1, -0.05) is 45.0 Å².